The Morgan fingerprint density at radius 1 is 1.39 bits per heavy atom. The van der Waals surface area contributed by atoms with E-state index in [0.29, 0.717) is 11.7 Å². The van der Waals surface area contributed by atoms with Crippen LogP contribution in [0.3, 0.4) is 0 Å². The first-order chi connectivity index (χ1) is 11.1. The quantitative estimate of drug-likeness (QED) is 0.843. The number of thiazole rings is 1. The molecule has 3 rings (SSSR count). The van der Waals surface area contributed by atoms with Crippen LogP contribution >= 0.6 is 11.3 Å². The Bertz CT molecular complexity index is 703. The highest BCUT2D eigenvalue weighted by atomic mass is 32.1. The van der Waals surface area contributed by atoms with Gasteiger partial charge in [-0.1, -0.05) is 24.2 Å². The van der Waals surface area contributed by atoms with Crippen LogP contribution in [-0.2, 0) is 11.3 Å². The van der Waals surface area contributed by atoms with Crippen LogP contribution in [0.1, 0.15) is 50.0 Å². The van der Waals surface area contributed by atoms with Crippen molar-refractivity contribution in [1.82, 2.24) is 19.7 Å². The van der Waals surface area contributed by atoms with Crippen LogP contribution in [0.4, 0.5) is 5.13 Å². The predicted octanol–water partition coefficient (Wildman–Crippen LogP) is 2.88. The maximum absolute atomic E-state index is 11.2. The van der Waals surface area contributed by atoms with Gasteiger partial charge in [0.15, 0.2) is 16.8 Å². The van der Waals surface area contributed by atoms with E-state index in [1.54, 1.807) is 0 Å². The lowest BCUT2D eigenvalue weighted by Gasteiger charge is -2.01. The number of hydrogen-bond donors (Lipinski definition) is 2. The minimum absolute atomic E-state index is 0.178. The molecule has 0 aromatic carbocycles. The average Bonchev–Trinajstić information content (AvgIpc) is 3.18. The van der Waals surface area contributed by atoms with Crippen molar-refractivity contribution in [3.63, 3.8) is 0 Å². The third-order valence-electron chi connectivity index (χ3n) is 4.02. The van der Waals surface area contributed by atoms with E-state index in [0.717, 1.165) is 40.9 Å². The summed E-state index contributed by atoms with van der Waals surface area (Å²) in [5, 5.41) is 17.7. The van der Waals surface area contributed by atoms with Gasteiger partial charge in [-0.25, -0.2) is 14.6 Å². The van der Waals surface area contributed by atoms with Crippen LogP contribution in [-0.4, -0.2) is 37.4 Å². The minimum atomic E-state index is -0.914. The van der Waals surface area contributed by atoms with Crippen molar-refractivity contribution < 1.29 is 9.90 Å². The average molecular weight is 335 g/mol. The Kier molecular flexibility index (Phi) is 4.61. The van der Waals surface area contributed by atoms with E-state index >= 15 is 0 Å². The van der Waals surface area contributed by atoms with Gasteiger partial charge in [-0.15, -0.1) is 0 Å². The molecule has 2 heterocycles. The van der Waals surface area contributed by atoms with Gasteiger partial charge in [-0.2, -0.15) is 5.10 Å². The summed E-state index contributed by atoms with van der Waals surface area (Å²) in [6.07, 6.45) is 4.55. The molecule has 7 nitrogen and oxygen atoms in total. The van der Waals surface area contributed by atoms with E-state index in [-0.39, 0.29) is 6.54 Å². The third kappa shape index (κ3) is 3.36. The molecule has 2 N–H and O–H groups in total. The number of rotatable bonds is 6. The molecule has 0 saturated heterocycles. The molecule has 1 aliphatic carbocycles. The summed E-state index contributed by atoms with van der Waals surface area (Å²) in [4.78, 5) is 21.2. The Morgan fingerprint density at radius 3 is 2.78 bits per heavy atom. The van der Waals surface area contributed by atoms with Crippen molar-refractivity contribution in [2.75, 3.05) is 11.9 Å². The SMILES string of the molecule is CCNc1nc(C)c(-c2nc(C3CCCC3)nn2CC(=O)O)s1. The number of aromatic nitrogens is 4. The number of anilines is 1. The normalized spacial score (nSPS) is 15.2. The topological polar surface area (TPSA) is 92.9 Å². The van der Waals surface area contributed by atoms with E-state index in [1.165, 1.54) is 28.9 Å². The van der Waals surface area contributed by atoms with Gasteiger partial charge in [0.05, 0.1) is 10.6 Å². The summed E-state index contributed by atoms with van der Waals surface area (Å²) >= 11 is 1.50. The lowest BCUT2D eigenvalue weighted by Crippen LogP contribution is -2.12. The number of nitrogens with zero attached hydrogens (tertiary/aromatic N) is 4. The summed E-state index contributed by atoms with van der Waals surface area (Å²) in [5.41, 5.74) is 0.850. The number of aryl methyl sites for hydroxylation is 1. The molecular weight excluding hydrogens is 314 g/mol. The second-order valence-electron chi connectivity index (χ2n) is 5.79. The Morgan fingerprint density at radius 2 is 2.13 bits per heavy atom. The standard InChI is InChI=1S/C15H21N5O2S/c1-3-16-15-17-9(2)12(23-15)14-18-13(10-6-4-5-7-10)19-20(14)8-11(21)22/h10H,3-8H2,1-2H3,(H,16,17)(H,21,22). The molecule has 1 fully saturated rings. The zero-order chi connectivity index (χ0) is 16.4. The van der Waals surface area contributed by atoms with Crippen LogP contribution < -0.4 is 5.32 Å². The molecule has 0 amide bonds. The maximum atomic E-state index is 11.2. The molecule has 1 aliphatic rings. The van der Waals surface area contributed by atoms with E-state index in [4.69, 9.17) is 5.11 Å². The van der Waals surface area contributed by atoms with Gasteiger partial charge in [0, 0.05) is 12.5 Å². The zero-order valence-electron chi connectivity index (χ0n) is 13.4. The van der Waals surface area contributed by atoms with Crippen LogP contribution in [0.15, 0.2) is 0 Å². The Labute approximate surface area is 138 Å². The summed E-state index contributed by atoms with van der Waals surface area (Å²) in [6, 6.07) is 0. The van der Waals surface area contributed by atoms with Crippen molar-refractivity contribution in [3.05, 3.63) is 11.5 Å². The molecule has 0 unspecified atom stereocenters. The first-order valence-corrected chi connectivity index (χ1v) is 8.78. The fourth-order valence-corrected chi connectivity index (χ4v) is 3.98. The lowest BCUT2D eigenvalue weighted by atomic mass is 10.1. The molecular formula is C15H21N5O2S. The fraction of sp³-hybridized carbons (Fsp3) is 0.600. The van der Waals surface area contributed by atoms with Crippen molar-refractivity contribution in [1.29, 1.82) is 0 Å². The molecule has 8 heteroatoms. The first kappa shape index (κ1) is 15.9. The molecule has 0 atom stereocenters. The lowest BCUT2D eigenvalue weighted by molar-refractivity contribution is -0.137. The number of carbonyl (C=O) groups is 1. The predicted molar refractivity (Wildman–Crippen MR) is 88.9 cm³/mol. The second kappa shape index (κ2) is 6.66. The van der Waals surface area contributed by atoms with Crippen LogP contribution in [0.25, 0.3) is 10.7 Å². The maximum Gasteiger partial charge on any atom is 0.325 e. The number of carboxylic acids is 1. The van der Waals surface area contributed by atoms with E-state index in [2.05, 4.69) is 20.4 Å². The van der Waals surface area contributed by atoms with Gasteiger partial charge < -0.3 is 10.4 Å². The Balaban J connectivity index is 2.00. The molecule has 23 heavy (non-hydrogen) atoms. The van der Waals surface area contributed by atoms with Gasteiger partial charge in [-0.05, 0) is 26.7 Å². The van der Waals surface area contributed by atoms with Gasteiger partial charge in [0.1, 0.15) is 6.54 Å². The molecule has 0 spiro atoms. The molecule has 0 radical (unpaired) electrons. The van der Waals surface area contributed by atoms with E-state index < -0.39 is 5.97 Å². The number of hydrogen-bond acceptors (Lipinski definition) is 6. The van der Waals surface area contributed by atoms with Crippen molar-refractivity contribution in [2.45, 2.75) is 52.0 Å². The summed E-state index contributed by atoms with van der Waals surface area (Å²) in [7, 11) is 0. The highest BCUT2D eigenvalue weighted by Crippen LogP contribution is 2.36. The highest BCUT2D eigenvalue weighted by molar-refractivity contribution is 7.19. The minimum Gasteiger partial charge on any atom is -0.480 e. The molecule has 2 aromatic heterocycles. The van der Waals surface area contributed by atoms with Crippen molar-refractivity contribution >= 4 is 22.4 Å². The van der Waals surface area contributed by atoms with Crippen LogP contribution in [0, 0.1) is 6.92 Å². The van der Waals surface area contributed by atoms with Crippen LogP contribution in [0.5, 0.6) is 0 Å². The number of aliphatic carboxylic acids is 1. The number of nitrogens with one attached hydrogen (secondary N) is 1. The van der Waals surface area contributed by atoms with Crippen LogP contribution in [0.2, 0.25) is 0 Å². The second-order valence-corrected chi connectivity index (χ2v) is 6.79. The van der Waals surface area contributed by atoms with Crippen molar-refractivity contribution in [3.8, 4) is 10.7 Å². The fourth-order valence-electron chi connectivity index (χ4n) is 2.95. The third-order valence-corrected chi connectivity index (χ3v) is 5.13. The first-order valence-electron chi connectivity index (χ1n) is 7.96. The van der Waals surface area contributed by atoms with E-state index in [9.17, 15) is 4.79 Å². The smallest absolute Gasteiger partial charge is 0.325 e. The molecule has 1 saturated carbocycles. The van der Waals surface area contributed by atoms with E-state index in [1.807, 2.05) is 13.8 Å². The number of carboxylic acid groups (broad SMARTS) is 1. The molecule has 124 valence electrons. The van der Waals surface area contributed by atoms with Gasteiger partial charge >= 0.3 is 5.97 Å². The summed E-state index contributed by atoms with van der Waals surface area (Å²) < 4.78 is 1.51. The molecule has 2 aromatic rings. The summed E-state index contributed by atoms with van der Waals surface area (Å²) in [5.74, 6) is 0.832. The largest absolute Gasteiger partial charge is 0.480 e. The molecule has 0 aliphatic heterocycles. The molecule has 0 bridgehead atoms. The van der Waals surface area contributed by atoms with Gasteiger partial charge in [-0.3, -0.25) is 4.79 Å². The zero-order valence-corrected chi connectivity index (χ0v) is 14.2. The van der Waals surface area contributed by atoms with Gasteiger partial charge in [0.25, 0.3) is 0 Å². The monoisotopic (exact) mass is 335 g/mol. The van der Waals surface area contributed by atoms with Crippen molar-refractivity contribution in [2.24, 2.45) is 0 Å². The Hall–Kier alpha value is -1.96. The summed E-state index contributed by atoms with van der Waals surface area (Å²) in [6.45, 7) is 4.55. The highest BCUT2D eigenvalue weighted by Gasteiger charge is 2.25. The van der Waals surface area contributed by atoms with Gasteiger partial charge in [0.2, 0.25) is 0 Å².